The monoisotopic (exact) mass is 249 g/mol. The summed E-state index contributed by atoms with van der Waals surface area (Å²) in [7, 11) is 2.04. The minimum Gasteiger partial charge on any atom is -0.481 e. The normalized spacial score (nSPS) is 12.7. The molecule has 3 heteroatoms. The highest BCUT2D eigenvalue weighted by Gasteiger charge is 2.11. The summed E-state index contributed by atoms with van der Waals surface area (Å²) in [5.74, 6) is -0.719. The largest absolute Gasteiger partial charge is 0.481 e. The molecule has 0 aliphatic rings. The maximum absolute atomic E-state index is 10.5. The van der Waals surface area contributed by atoms with Crippen LogP contribution in [-0.4, -0.2) is 29.6 Å². The molecule has 1 aromatic rings. The van der Waals surface area contributed by atoms with Crippen molar-refractivity contribution in [1.29, 1.82) is 0 Å². The van der Waals surface area contributed by atoms with E-state index in [9.17, 15) is 4.79 Å². The van der Waals surface area contributed by atoms with E-state index in [0.717, 1.165) is 13.0 Å². The zero-order chi connectivity index (χ0) is 13.5. The van der Waals surface area contributed by atoms with Gasteiger partial charge < -0.3 is 5.11 Å². The predicted octanol–water partition coefficient (Wildman–Crippen LogP) is 3.11. The van der Waals surface area contributed by atoms with Gasteiger partial charge in [-0.3, -0.25) is 9.69 Å². The first-order chi connectivity index (χ1) is 8.54. The molecule has 3 nitrogen and oxygen atoms in total. The van der Waals surface area contributed by atoms with Crippen LogP contribution in [0.2, 0.25) is 0 Å². The highest BCUT2D eigenvalue weighted by atomic mass is 16.4. The Labute approximate surface area is 109 Å². The zero-order valence-electron chi connectivity index (χ0n) is 11.5. The van der Waals surface area contributed by atoms with Crippen LogP contribution >= 0.6 is 0 Å². The smallest absolute Gasteiger partial charge is 0.303 e. The third kappa shape index (κ3) is 4.49. The molecule has 1 N–H and O–H groups in total. The van der Waals surface area contributed by atoms with E-state index < -0.39 is 5.97 Å². The molecule has 100 valence electrons. The standard InChI is InChI=1S/C15H23NO2/c1-4-13-7-9-14(10-8-13)12(2)16(3)11-5-6-15(17)18/h7-10,12H,4-6,11H2,1-3H3,(H,17,18). The zero-order valence-corrected chi connectivity index (χ0v) is 11.5. The van der Waals surface area contributed by atoms with E-state index in [1.807, 2.05) is 7.05 Å². The Balaban J connectivity index is 2.51. The van der Waals surface area contributed by atoms with Crippen molar-refractivity contribution in [3.05, 3.63) is 35.4 Å². The lowest BCUT2D eigenvalue weighted by Gasteiger charge is -2.25. The number of carbonyl (C=O) groups is 1. The van der Waals surface area contributed by atoms with Gasteiger partial charge >= 0.3 is 5.97 Å². The Morgan fingerprint density at radius 1 is 1.33 bits per heavy atom. The molecule has 1 atom stereocenters. The van der Waals surface area contributed by atoms with Gasteiger partial charge in [-0.25, -0.2) is 0 Å². The number of carboxylic acids is 1. The SMILES string of the molecule is CCc1ccc(C(C)N(C)CCCC(=O)O)cc1. The highest BCUT2D eigenvalue weighted by Crippen LogP contribution is 2.19. The lowest BCUT2D eigenvalue weighted by Crippen LogP contribution is -2.24. The lowest BCUT2D eigenvalue weighted by atomic mass is 10.0. The summed E-state index contributed by atoms with van der Waals surface area (Å²) in [5, 5.41) is 8.62. The van der Waals surface area contributed by atoms with Crippen LogP contribution in [0.3, 0.4) is 0 Å². The molecule has 0 spiro atoms. The van der Waals surface area contributed by atoms with Crippen molar-refractivity contribution < 1.29 is 9.90 Å². The molecule has 0 radical (unpaired) electrons. The fourth-order valence-electron chi connectivity index (χ4n) is 1.96. The summed E-state index contributed by atoms with van der Waals surface area (Å²) in [6.45, 7) is 5.11. The van der Waals surface area contributed by atoms with Gasteiger partial charge in [-0.05, 0) is 44.5 Å². The number of hydrogen-bond donors (Lipinski definition) is 1. The number of nitrogens with zero attached hydrogens (tertiary/aromatic N) is 1. The van der Waals surface area contributed by atoms with Gasteiger partial charge in [0.25, 0.3) is 0 Å². The molecular weight excluding hydrogens is 226 g/mol. The molecule has 0 aliphatic heterocycles. The Morgan fingerprint density at radius 3 is 2.44 bits per heavy atom. The second kappa shape index (κ2) is 7.17. The summed E-state index contributed by atoms with van der Waals surface area (Å²) in [6.07, 6.45) is 2.00. The molecule has 1 unspecified atom stereocenters. The Bertz CT molecular complexity index is 373. The number of aryl methyl sites for hydroxylation is 1. The number of carboxylic acid groups (broad SMARTS) is 1. The molecule has 0 bridgehead atoms. The molecule has 0 saturated carbocycles. The topological polar surface area (TPSA) is 40.5 Å². The molecule has 0 aliphatic carbocycles. The summed E-state index contributed by atoms with van der Waals surface area (Å²) >= 11 is 0. The van der Waals surface area contributed by atoms with E-state index >= 15 is 0 Å². The van der Waals surface area contributed by atoms with Gasteiger partial charge in [0.2, 0.25) is 0 Å². The molecule has 1 rings (SSSR count). The molecule has 1 aromatic carbocycles. The maximum atomic E-state index is 10.5. The average molecular weight is 249 g/mol. The van der Waals surface area contributed by atoms with Crippen molar-refractivity contribution in [1.82, 2.24) is 4.90 Å². The van der Waals surface area contributed by atoms with E-state index in [-0.39, 0.29) is 6.42 Å². The van der Waals surface area contributed by atoms with E-state index in [1.165, 1.54) is 11.1 Å². The Hall–Kier alpha value is -1.35. The maximum Gasteiger partial charge on any atom is 0.303 e. The minimum atomic E-state index is -0.719. The third-order valence-corrected chi connectivity index (χ3v) is 3.43. The second-order valence-electron chi connectivity index (χ2n) is 4.75. The van der Waals surface area contributed by atoms with E-state index in [0.29, 0.717) is 12.5 Å². The first-order valence-electron chi connectivity index (χ1n) is 6.55. The summed E-state index contributed by atoms with van der Waals surface area (Å²) in [6, 6.07) is 8.98. The van der Waals surface area contributed by atoms with Gasteiger partial charge in [0.1, 0.15) is 0 Å². The van der Waals surface area contributed by atoms with E-state index in [4.69, 9.17) is 5.11 Å². The average Bonchev–Trinajstić information content (AvgIpc) is 2.37. The van der Waals surface area contributed by atoms with E-state index in [2.05, 4.69) is 43.0 Å². The number of hydrogen-bond acceptors (Lipinski definition) is 2. The van der Waals surface area contributed by atoms with Crippen LogP contribution in [0.25, 0.3) is 0 Å². The van der Waals surface area contributed by atoms with Crippen molar-refractivity contribution in [2.45, 2.75) is 39.2 Å². The van der Waals surface area contributed by atoms with Crippen molar-refractivity contribution in [2.75, 3.05) is 13.6 Å². The van der Waals surface area contributed by atoms with Crippen molar-refractivity contribution in [3.63, 3.8) is 0 Å². The lowest BCUT2D eigenvalue weighted by molar-refractivity contribution is -0.137. The van der Waals surface area contributed by atoms with Crippen LogP contribution < -0.4 is 0 Å². The second-order valence-corrected chi connectivity index (χ2v) is 4.75. The number of rotatable bonds is 7. The fourth-order valence-corrected chi connectivity index (χ4v) is 1.96. The molecule has 0 fully saturated rings. The molecule has 0 heterocycles. The van der Waals surface area contributed by atoms with Gasteiger partial charge in [0.05, 0.1) is 0 Å². The van der Waals surface area contributed by atoms with Crippen LogP contribution in [0.5, 0.6) is 0 Å². The van der Waals surface area contributed by atoms with Crippen LogP contribution in [0, 0.1) is 0 Å². The third-order valence-electron chi connectivity index (χ3n) is 3.43. The van der Waals surface area contributed by atoms with Crippen LogP contribution in [0.4, 0.5) is 0 Å². The first kappa shape index (κ1) is 14.7. The van der Waals surface area contributed by atoms with Crippen LogP contribution in [0.15, 0.2) is 24.3 Å². The van der Waals surface area contributed by atoms with Crippen molar-refractivity contribution in [2.24, 2.45) is 0 Å². The number of aliphatic carboxylic acids is 1. The number of benzene rings is 1. The molecule has 0 aromatic heterocycles. The fraction of sp³-hybridized carbons (Fsp3) is 0.533. The molecule has 18 heavy (non-hydrogen) atoms. The summed E-state index contributed by atoms with van der Waals surface area (Å²) in [5.41, 5.74) is 2.63. The quantitative estimate of drug-likeness (QED) is 0.807. The predicted molar refractivity (Wildman–Crippen MR) is 73.7 cm³/mol. The Kier molecular flexibility index (Phi) is 5.86. The summed E-state index contributed by atoms with van der Waals surface area (Å²) < 4.78 is 0. The van der Waals surface area contributed by atoms with Gasteiger partial charge in [0, 0.05) is 12.5 Å². The Morgan fingerprint density at radius 2 is 1.94 bits per heavy atom. The molecule has 0 saturated heterocycles. The molecule has 0 amide bonds. The van der Waals surface area contributed by atoms with Crippen molar-refractivity contribution >= 4 is 5.97 Å². The first-order valence-corrected chi connectivity index (χ1v) is 6.55. The van der Waals surface area contributed by atoms with Crippen LogP contribution in [-0.2, 0) is 11.2 Å². The highest BCUT2D eigenvalue weighted by molar-refractivity contribution is 5.66. The van der Waals surface area contributed by atoms with Crippen LogP contribution in [0.1, 0.15) is 43.9 Å². The van der Waals surface area contributed by atoms with Crippen molar-refractivity contribution in [3.8, 4) is 0 Å². The molecular formula is C15H23NO2. The van der Waals surface area contributed by atoms with Gasteiger partial charge in [-0.1, -0.05) is 31.2 Å². The van der Waals surface area contributed by atoms with Gasteiger partial charge in [-0.15, -0.1) is 0 Å². The minimum absolute atomic E-state index is 0.242. The van der Waals surface area contributed by atoms with Gasteiger partial charge in [0.15, 0.2) is 0 Å². The van der Waals surface area contributed by atoms with E-state index in [1.54, 1.807) is 0 Å². The summed E-state index contributed by atoms with van der Waals surface area (Å²) in [4.78, 5) is 12.7. The van der Waals surface area contributed by atoms with Gasteiger partial charge in [-0.2, -0.15) is 0 Å².